The first-order chi connectivity index (χ1) is 14.0. The number of hydrogen-bond donors (Lipinski definition) is 2. The lowest BCUT2D eigenvalue weighted by Crippen LogP contribution is -2.40. The third-order valence-corrected chi connectivity index (χ3v) is 6.94. The molecule has 1 fully saturated rings. The van der Waals surface area contributed by atoms with Gasteiger partial charge in [0.2, 0.25) is 10.0 Å². The number of ether oxygens (including phenoxy) is 2. The van der Waals surface area contributed by atoms with E-state index in [0.717, 1.165) is 0 Å². The molecule has 2 aromatic rings. The minimum atomic E-state index is -3.56. The summed E-state index contributed by atoms with van der Waals surface area (Å²) in [6.07, 6.45) is 1.43. The largest absolute Gasteiger partial charge is 0.484 e. The van der Waals surface area contributed by atoms with Crippen LogP contribution in [-0.4, -0.2) is 79.0 Å². The Morgan fingerprint density at radius 2 is 2.17 bits per heavy atom. The average molecular weight is 442 g/mol. The number of nitrogens with one attached hydrogen (secondary N) is 2. The van der Waals surface area contributed by atoms with Gasteiger partial charge < -0.3 is 14.8 Å². The van der Waals surface area contributed by atoms with E-state index in [1.165, 1.54) is 28.5 Å². The van der Waals surface area contributed by atoms with E-state index in [1.54, 1.807) is 19.1 Å². The zero-order valence-corrected chi connectivity index (χ0v) is 17.6. The zero-order chi connectivity index (χ0) is 20.7. The maximum atomic E-state index is 12.7. The molecule has 1 amide bonds. The topological polar surface area (TPSA) is 127 Å². The van der Waals surface area contributed by atoms with Crippen LogP contribution in [0.1, 0.15) is 5.56 Å². The number of thioether (sulfide) groups is 1. The van der Waals surface area contributed by atoms with Gasteiger partial charge in [0, 0.05) is 25.4 Å². The first-order valence-electron chi connectivity index (χ1n) is 9.03. The Bertz CT molecular complexity index is 914. The van der Waals surface area contributed by atoms with Crippen LogP contribution < -0.4 is 10.1 Å². The number of carbonyl (C=O) groups is 1. The van der Waals surface area contributed by atoms with E-state index in [9.17, 15) is 13.2 Å². The smallest absolute Gasteiger partial charge is 0.257 e. The first-order valence-corrected chi connectivity index (χ1v) is 11.5. The number of carbonyl (C=O) groups excluding carboxylic acids is 1. The van der Waals surface area contributed by atoms with Crippen LogP contribution in [-0.2, 0) is 19.6 Å². The predicted molar refractivity (Wildman–Crippen MR) is 106 cm³/mol. The monoisotopic (exact) mass is 441 g/mol. The minimum absolute atomic E-state index is 0.149. The fourth-order valence-electron chi connectivity index (χ4n) is 2.68. The molecular weight excluding hydrogens is 418 g/mol. The lowest BCUT2D eigenvalue weighted by molar-refractivity contribution is -0.122. The number of sulfonamides is 1. The average Bonchev–Trinajstić information content (AvgIpc) is 3.24. The van der Waals surface area contributed by atoms with E-state index < -0.39 is 10.0 Å². The second-order valence-electron chi connectivity index (χ2n) is 6.22. The van der Waals surface area contributed by atoms with Gasteiger partial charge in [0.15, 0.2) is 11.8 Å². The minimum Gasteiger partial charge on any atom is -0.484 e. The van der Waals surface area contributed by atoms with Crippen molar-refractivity contribution in [3.8, 4) is 5.75 Å². The van der Waals surface area contributed by atoms with Crippen molar-refractivity contribution < 1.29 is 22.7 Å². The first kappa shape index (κ1) is 21.6. The summed E-state index contributed by atoms with van der Waals surface area (Å²) in [6, 6.07) is 4.64. The predicted octanol–water partition coefficient (Wildman–Crippen LogP) is 0.421. The fourth-order valence-corrected chi connectivity index (χ4v) is 4.81. The molecule has 2 heterocycles. The highest BCUT2D eigenvalue weighted by Crippen LogP contribution is 2.24. The van der Waals surface area contributed by atoms with Crippen LogP contribution in [0.3, 0.4) is 0 Å². The van der Waals surface area contributed by atoms with E-state index in [0.29, 0.717) is 55.1 Å². The molecule has 1 aliphatic heterocycles. The van der Waals surface area contributed by atoms with E-state index in [1.807, 2.05) is 0 Å². The third kappa shape index (κ3) is 5.92. The van der Waals surface area contributed by atoms with Crippen LogP contribution in [0.15, 0.2) is 34.6 Å². The molecule has 0 saturated carbocycles. The molecule has 12 heteroatoms. The Morgan fingerprint density at radius 3 is 2.86 bits per heavy atom. The van der Waals surface area contributed by atoms with Gasteiger partial charge in [0.25, 0.3) is 5.91 Å². The highest BCUT2D eigenvalue weighted by molar-refractivity contribution is 7.99. The van der Waals surface area contributed by atoms with E-state index in [4.69, 9.17) is 9.47 Å². The van der Waals surface area contributed by atoms with Gasteiger partial charge in [-0.1, -0.05) is 11.8 Å². The molecule has 0 bridgehead atoms. The Balaban J connectivity index is 1.48. The van der Waals surface area contributed by atoms with E-state index in [2.05, 4.69) is 20.5 Å². The maximum Gasteiger partial charge on any atom is 0.257 e. The number of rotatable bonds is 9. The van der Waals surface area contributed by atoms with Crippen LogP contribution in [0.5, 0.6) is 5.75 Å². The van der Waals surface area contributed by atoms with Crippen molar-refractivity contribution in [2.75, 3.05) is 45.2 Å². The Labute approximate surface area is 173 Å². The molecule has 0 unspecified atom stereocenters. The Morgan fingerprint density at radius 1 is 1.38 bits per heavy atom. The van der Waals surface area contributed by atoms with E-state index >= 15 is 0 Å². The molecule has 2 N–H and O–H groups in total. The zero-order valence-electron chi connectivity index (χ0n) is 16.0. The van der Waals surface area contributed by atoms with Crippen LogP contribution in [0.4, 0.5) is 0 Å². The number of aromatic nitrogens is 3. The van der Waals surface area contributed by atoms with Gasteiger partial charge in [0.05, 0.1) is 18.1 Å². The molecule has 10 nitrogen and oxygen atoms in total. The van der Waals surface area contributed by atoms with Crippen LogP contribution in [0.2, 0.25) is 0 Å². The van der Waals surface area contributed by atoms with Crippen molar-refractivity contribution >= 4 is 27.7 Å². The van der Waals surface area contributed by atoms with Crippen molar-refractivity contribution in [3.63, 3.8) is 0 Å². The Kier molecular flexibility index (Phi) is 7.47. The van der Waals surface area contributed by atoms with Gasteiger partial charge in [-0.25, -0.2) is 13.4 Å². The summed E-state index contributed by atoms with van der Waals surface area (Å²) >= 11 is 1.45. The number of nitrogens with zero attached hydrogens (tertiary/aromatic N) is 3. The summed E-state index contributed by atoms with van der Waals surface area (Å²) in [7, 11) is -3.56. The van der Waals surface area contributed by atoms with Gasteiger partial charge in [-0.2, -0.15) is 9.40 Å². The number of benzene rings is 1. The lowest BCUT2D eigenvalue weighted by Gasteiger charge is -2.26. The van der Waals surface area contributed by atoms with Crippen LogP contribution in [0, 0.1) is 6.92 Å². The molecule has 158 valence electrons. The summed E-state index contributed by atoms with van der Waals surface area (Å²) in [5.41, 5.74) is 0.646. The summed E-state index contributed by atoms with van der Waals surface area (Å²) in [5, 5.41) is 9.92. The summed E-state index contributed by atoms with van der Waals surface area (Å²) < 4.78 is 37.6. The fraction of sp³-hybridized carbons (Fsp3) is 0.471. The highest BCUT2D eigenvalue weighted by Gasteiger charge is 2.26. The van der Waals surface area contributed by atoms with E-state index in [-0.39, 0.29) is 17.4 Å². The second kappa shape index (κ2) is 10.1. The standard InChI is InChI=1S/C17H23N5O5S2/c1-13-10-14(29(24,25)22-5-7-26-8-6-22)2-3-15(13)27-11-16(23)18-4-9-28-17-19-12-20-21-17/h2-3,10,12H,4-9,11H2,1H3,(H,18,23)(H,19,20,21). The van der Waals surface area contributed by atoms with Gasteiger partial charge >= 0.3 is 0 Å². The molecule has 1 aliphatic rings. The van der Waals surface area contributed by atoms with Crippen LogP contribution >= 0.6 is 11.8 Å². The number of morpholine rings is 1. The maximum absolute atomic E-state index is 12.7. The molecule has 0 atom stereocenters. The summed E-state index contributed by atoms with van der Waals surface area (Å²) in [5.74, 6) is 0.860. The van der Waals surface area contributed by atoms with Crippen molar-refractivity contribution in [1.29, 1.82) is 0 Å². The quantitative estimate of drug-likeness (QED) is 0.424. The molecular formula is C17H23N5O5S2. The SMILES string of the molecule is Cc1cc(S(=O)(=O)N2CCOCC2)ccc1OCC(=O)NCCSc1ncn[nH]1. The van der Waals surface area contributed by atoms with Crippen LogP contribution in [0.25, 0.3) is 0 Å². The number of aromatic amines is 1. The molecule has 1 aromatic carbocycles. The number of amides is 1. The molecule has 29 heavy (non-hydrogen) atoms. The number of hydrogen-bond acceptors (Lipinski definition) is 8. The second-order valence-corrected chi connectivity index (χ2v) is 9.24. The lowest BCUT2D eigenvalue weighted by atomic mass is 10.2. The van der Waals surface area contributed by atoms with Crippen molar-refractivity contribution in [3.05, 3.63) is 30.1 Å². The van der Waals surface area contributed by atoms with Gasteiger partial charge in [-0.3, -0.25) is 9.89 Å². The molecule has 3 rings (SSSR count). The highest BCUT2D eigenvalue weighted by atomic mass is 32.2. The number of H-pyrrole nitrogens is 1. The number of aryl methyl sites for hydroxylation is 1. The summed E-state index contributed by atoms with van der Waals surface area (Å²) in [6.45, 7) is 3.53. The summed E-state index contributed by atoms with van der Waals surface area (Å²) in [4.78, 5) is 16.1. The van der Waals surface area contributed by atoms with Gasteiger partial charge in [-0.15, -0.1) is 0 Å². The van der Waals surface area contributed by atoms with Crippen molar-refractivity contribution in [2.45, 2.75) is 17.0 Å². The normalized spacial score (nSPS) is 15.2. The van der Waals surface area contributed by atoms with Gasteiger partial charge in [-0.05, 0) is 30.7 Å². The third-order valence-electron chi connectivity index (χ3n) is 4.17. The Hall–Kier alpha value is -2.15. The molecule has 1 aromatic heterocycles. The van der Waals surface area contributed by atoms with Gasteiger partial charge in [0.1, 0.15) is 12.1 Å². The molecule has 0 radical (unpaired) electrons. The molecule has 0 aliphatic carbocycles. The van der Waals surface area contributed by atoms with Crippen molar-refractivity contribution in [2.24, 2.45) is 0 Å². The van der Waals surface area contributed by atoms with Crippen molar-refractivity contribution in [1.82, 2.24) is 24.8 Å². The molecule has 0 spiro atoms. The molecule has 1 saturated heterocycles.